The average Bonchev–Trinajstić information content (AvgIpc) is 2.68. The number of hydrogen-bond donors (Lipinski definition) is 3. The fraction of sp³-hybridized carbons (Fsp3) is 0.333. The molecular formula is C9H12N4O. The Labute approximate surface area is 82.3 Å². The van der Waals surface area contributed by atoms with Crippen LogP contribution in [0.25, 0.3) is 0 Å². The van der Waals surface area contributed by atoms with Crippen molar-refractivity contribution in [2.75, 3.05) is 13.1 Å². The number of H-pyrrole nitrogens is 1. The van der Waals surface area contributed by atoms with Crippen molar-refractivity contribution in [3.8, 4) is 12.3 Å². The number of aromatic amines is 1. The van der Waals surface area contributed by atoms with Gasteiger partial charge in [-0.3, -0.25) is 10.1 Å². The largest absolute Gasteiger partial charge is 0.349 e. The molecule has 0 bridgehead atoms. The lowest BCUT2D eigenvalue weighted by atomic mass is 10.4. The standard InChI is InChI=1S/C9H12N4O/c1-2-3-10-6-9(14)12-5-8-4-11-7-13-8/h1,4,7,10H,3,5-6H2,(H,11,13)(H,12,14). The van der Waals surface area contributed by atoms with Crippen LogP contribution in [0.2, 0.25) is 0 Å². The van der Waals surface area contributed by atoms with Gasteiger partial charge in [0.1, 0.15) is 0 Å². The number of amides is 1. The monoisotopic (exact) mass is 192 g/mol. The SMILES string of the molecule is C#CCNCC(=O)NCc1cnc[nH]1. The molecule has 0 atom stereocenters. The van der Waals surface area contributed by atoms with Crippen molar-refractivity contribution in [2.24, 2.45) is 0 Å². The minimum absolute atomic E-state index is 0.0881. The van der Waals surface area contributed by atoms with E-state index in [1.807, 2.05) is 0 Å². The highest BCUT2D eigenvalue weighted by molar-refractivity contribution is 5.77. The highest BCUT2D eigenvalue weighted by Gasteiger charge is 1.99. The number of terminal acetylenes is 1. The predicted molar refractivity (Wildman–Crippen MR) is 52.1 cm³/mol. The zero-order valence-electron chi connectivity index (χ0n) is 7.71. The van der Waals surface area contributed by atoms with Gasteiger partial charge in [-0.15, -0.1) is 6.42 Å². The molecular weight excluding hydrogens is 180 g/mol. The van der Waals surface area contributed by atoms with Crippen molar-refractivity contribution in [3.05, 3.63) is 18.2 Å². The van der Waals surface area contributed by atoms with Crippen LogP contribution in [0.15, 0.2) is 12.5 Å². The number of carbonyl (C=O) groups excluding carboxylic acids is 1. The van der Waals surface area contributed by atoms with E-state index in [2.05, 4.69) is 26.5 Å². The van der Waals surface area contributed by atoms with Crippen molar-refractivity contribution in [3.63, 3.8) is 0 Å². The summed E-state index contributed by atoms with van der Waals surface area (Å²) in [6.45, 7) is 1.09. The maximum Gasteiger partial charge on any atom is 0.234 e. The van der Waals surface area contributed by atoms with Gasteiger partial charge >= 0.3 is 0 Å². The lowest BCUT2D eigenvalue weighted by Crippen LogP contribution is -2.33. The van der Waals surface area contributed by atoms with Gasteiger partial charge in [-0.25, -0.2) is 4.98 Å². The Kier molecular flexibility index (Phi) is 4.24. The van der Waals surface area contributed by atoms with Crippen LogP contribution in [0.4, 0.5) is 0 Å². The summed E-state index contributed by atoms with van der Waals surface area (Å²) in [5.74, 6) is 2.30. The maximum absolute atomic E-state index is 11.1. The Hall–Kier alpha value is -1.80. The fourth-order valence-corrected chi connectivity index (χ4v) is 0.886. The van der Waals surface area contributed by atoms with Gasteiger partial charge < -0.3 is 10.3 Å². The van der Waals surface area contributed by atoms with E-state index in [9.17, 15) is 4.79 Å². The number of hydrogen-bond acceptors (Lipinski definition) is 3. The second kappa shape index (κ2) is 5.78. The summed E-state index contributed by atoms with van der Waals surface area (Å²) in [4.78, 5) is 17.8. The second-order valence-corrected chi connectivity index (χ2v) is 2.66. The van der Waals surface area contributed by atoms with E-state index >= 15 is 0 Å². The van der Waals surface area contributed by atoms with Crippen LogP contribution >= 0.6 is 0 Å². The van der Waals surface area contributed by atoms with E-state index in [4.69, 9.17) is 6.42 Å². The summed E-state index contributed by atoms with van der Waals surface area (Å²) >= 11 is 0. The zero-order valence-corrected chi connectivity index (χ0v) is 7.71. The summed E-state index contributed by atoms with van der Waals surface area (Å²) in [6, 6.07) is 0. The molecule has 1 rings (SSSR count). The number of nitrogens with zero attached hydrogens (tertiary/aromatic N) is 1. The van der Waals surface area contributed by atoms with E-state index in [0.717, 1.165) is 5.69 Å². The topological polar surface area (TPSA) is 69.8 Å². The third-order valence-corrected chi connectivity index (χ3v) is 1.54. The number of carbonyl (C=O) groups is 1. The quantitative estimate of drug-likeness (QED) is 0.424. The molecule has 0 aromatic carbocycles. The molecule has 14 heavy (non-hydrogen) atoms. The minimum Gasteiger partial charge on any atom is -0.349 e. The Morgan fingerprint density at radius 2 is 2.57 bits per heavy atom. The van der Waals surface area contributed by atoms with Gasteiger partial charge in [0.2, 0.25) is 5.91 Å². The van der Waals surface area contributed by atoms with Crippen molar-refractivity contribution in [1.29, 1.82) is 0 Å². The van der Waals surface area contributed by atoms with E-state index in [-0.39, 0.29) is 12.5 Å². The first-order valence-electron chi connectivity index (χ1n) is 4.21. The molecule has 1 aromatic rings. The third-order valence-electron chi connectivity index (χ3n) is 1.54. The Bertz CT molecular complexity index is 312. The number of aromatic nitrogens is 2. The van der Waals surface area contributed by atoms with Gasteiger partial charge in [0.15, 0.2) is 0 Å². The van der Waals surface area contributed by atoms with Crippen molar-refractivity contribution >= 4 is 5.91 Å². The van der Waals surface area contributed by atoms with Crippen molar-refractivity contribution in [1.82, 2.24) is 20.6 Å². The van der Waals surface area contributed by atoms with Crippen LogP contribution in [0.1, 0.15) is 5.69 Å². The van der Waals surface area contributed by atoms with Gasteiger partial charge in [0.25, 0.3) is 0 Å². The molecule has 0 saturated heterocycles. The Balaban J connectivity index is 2.13. The van der Waals surface area contributed by atoms with Crippen molar-refractivity contribution in [2.45, 2.75) is 6.54 Å². The third kappa shape index (κ3) is 3.74. The van der Waals surface area contributed by atoms with Gasteiger partial charge in [-0.05, 0) is 0 Å². The minimum atomic E-state index is -0.0881. The summed E-state index contributed by atoms with van der Waals surface area (Å²) in [7, 11) is 0. The van der Waals surface area contributed by atoms with Gasteiger partial charge in [0, 0.05) is 6.20 Å². The number of imidazole rings is 1. The zero-order chi connectivity index (χ0) is 10.2. The van der Waals surface area contributed by atoms with E-state index in [0.29, 0.717) is 13.1 Å². The second-order valence-electron chi connectivity index (χ2n) is 2.66. The van der Waals surface area contributed by atoms with Crippen LogP contribution in [0, 0.1) is 12.3 Å². The van der Waals surface area contributed by atoms with E-state index < -0.39 is 0 Å². The number of rotatable bonds is 5. The molecule has 3 N–H and O–H groups in total. The molecule has 5 nitrogen and oxygen atoms in total. The molecule has 0 aliphatic rings. The highest BCUT2D eigenvalue weighted by Crippen LogP contribution is 1.88. The molecule has 1 heterocycles. The maximum atomic E-state index is 11.1. The predicted octanol–water partition coefficient (Wildman–Crippen LogP) is -0.751. The average molecular weight is 192 g/mol. The summed E-state index contributed by atoms with van der Waals surface area (Å²) in [6.07, 6.45) is 8.24. The molecule has 0 spiro atoms. The van der Waals surface area contributed by atoms with Gasteiger partial charge in [-0.2, -0.15) is 0 Å². The first-order valence-corrected chi connectivity index (χ1v) is 4.21. The molecule has 0 unspecified atom stereocenters. The van der Waals surface area contributed by atoms with Gasteiger partial charge in [0.05, 0.1) is 31.7 Å². The molecule has 0 aliphatic heterocycles. The smallest absolute Gasteiger partial charge is 0.234 e. The molecule has 0 saturated carbocycles. The summed E-state index contributed by atoms with van der Waals surface area (Å²) < 4.78 is 0. The molecule has 74 valence electrons. The van der Waals surface area contributed by atoms with Crippen LogP contribution in [0.3, 0.4) is 0 Å². The summed E-state index contributed by atoms with van der Waals surface area (Å²) in [5, 5.41) is 5.49. The molecule has 0 aliphatic carbocycles. The summed E-state index contributed by atoms with van der Waals surface area (Å²) in [5.41, 5.74) is 0.871. The highest BCUT2D eigenvalue weighted by atomic mass is 16.1. The van der Waals surface area contributed by atoms with Crippen molar-refractivity contribution < 1.29 is 4.79 Å². The molecule has 1 amide bonds. The van der Waals surface area contributed by atoms with Crippen LogP contribution in [-0.2, 0) is 11.3 Å². The van der Waals surface area contributed by atoms with Crippen LogP contribution in [0.5, 0.6) is 0 Å². The lowest BCUT2D eigenvalue weighted by molar-refractivity contribution is -0.120. The molecule has 0 radical (unpaired) electrons. The van der Waals surface area contributed by atoms with Crippen LogP contribution in [-0.4, -0.2) is 29.0 Å². The molecule has 5 heteroatoms. The number of nitrogens with one attached hydrogen (secondary N) is 3. The van der Waals surface area contributed by atoms with E-state index in [1.165, 1.54) is 0 Å². The first kappa shape index (κ1) is 10.3. The Morgan fingerprint density at radius 1 is 1.71 bits per heavy atom. The van der Waals surface area contributed by atoms with Crippen LogP contribution < -0.4 is 10.6 Å². The fourth-order valence-electron chi connectivity index (χ4n) is 0.886. The van der Waals surface area contributed by atoms with E-state index in [1.54, 1.807) is 12.5 Å². The molecule has 1 aromatic heterocycles. The lowest BCUT2D eigenvalue weighted by Gasteiger charge is -2.02. The normalized spacial score (nSPS) is 9.36. The Morgan fingerprint density at radius 3 is 3.21 bits per heavy atom. The first-order chi connectivity index (χ1) is 6.83. The molecule has 0 fully saturated rings. The van der Waals surface area contributed by atoms with Gasteiger partial charge in [-0.1, -0.05) is 5.92 Å².